The molecule has 0 amide bonds. The van der Waals surface area contributed by atoms with Gasteiger partial charge in [-0.15, -0.1) is 0 Å². The highest BCUT2D eigenvalue weighted by Gasteiger charge is 2.30. The van der Waals surface area contributed by atoms with Crippen molar-refractivity contribution in [1.29, 1.82) is 0 Å². The second kappa shape index (κ2) is 15.0. The van der Waals surface area contributed by atoms with Crippen molar-refractivity contribution in [1.82, 2.24) is 13.7 Å². The molecule has 0 N–H and O–H groups in total. The fourth-order valence-electron chi connectivity index (χ4n) is 11.1. The van der Waals surface area contributed by atoms with Crippen LogP contribution in [-0.4, -0.2) is 13.7 Å². The Bertz CT molecular complexity index is 3570. The lowest BCUT2D eigenvalue weighted by Crippen LogP contribution is -2.23. The maximum Gasteiger partial charge on any atom is 0.0542 e. The Labute approximate surface area is 393 Å². The van der Waals surface area contributed by atoms with Crippen LogP contribution in [0.2, 0.25) is 0 Å². The first-order chi connectivity index (χ1) is 32.3. The number of rotatable bonds is 7. The Kier molecular flexibility index (Phi) is 9.12. The van der Waals surface area contributed by atoms with Crippen molar-refractivity contribution in [3.8, 4) is 17.1 Å². The molecular weight excluding hydrogens is 811 g/mol. The largest absolute Gasteiger partial charge is 0.309 e. The summed E-state index contributed by atoms with van der Waals surface area (Å²) in [5.74, 6) is 0. The molecule has 0 fully saturated rings. The second-order valence-electron chi connectivity index (χ2n) is 20.2. The number of fused-ring (bicyclic) bond motifs is 9. The van der Waals surface area contributed by atoms with Gasteiger partial charge in [0.25, 0.3) is 0 Å². The number of aryl methyl sites for hydroxylation is 4. The van der Waals surface area contributed by atoms with Gasteiger partial charge in [-0.3, -0.25) is 0 Å². The standard InChI is InChI=1S/C64H55N3/c1-40-19-25-57-51(31-40)52-32-41(2)20-26-58(52)65(57)48-23-29-61-55(38-48)56-39-49(66-59-27-21-42(3)33-53(59)54-34-43(4)22-28-60(54)66)24-30-62(56)67(61)50-36-46(63(5,6)44-15-11-9-12-16-44)35-47(37-50)64(7,8)45-17-13-10-14-18-45/h9-39H,1-8H3. The van der Waals surface area contributed by atoms with E-state index in [9.17, 15) is 0 Å². The molecule has 9 aromatic carbocycles. The molecule has 0 aliphatic rings. The van der Waals surface area contributed by atoms with Gasteiger partial charge in [0, 0.05) is 60.2 Å². The number of nitrogens with zero attached hydrogens (tertiary/aromatic N) is 3. The van der Waals surface area contributed by atoms with Crippen molar-refractivity contribution >= 4 is 65.4 Å². The van der Waals surface area contributed by atoms with Crippen LogP contribution in [0.25, 0.3) is 82.5 Å². The van der Waals surface area contributed by atoms with Crippen molar-refractivity contribution in [2.45, 2.75) is 66.2 Å². The predicted molar refractivity (Wildman–Crippen MR) is 286 cm³/mol. The van der Waals surface area contributed by atoms with Crippen LogP contribution in [0.15, 0.2) is 188 Å². The highest BCUT2D eigenvalue weighted by molar-refractivity contribution is 6.14. The molecule has 326 valence electrons. The Morgan fingerprint density at radius 1 is 0.254 bits per heavy atom. The summed E-state index contributed by atoms with van der Waals surface area (Å²) in [5, 5.41) is 7.57. The maximum atomic E-state index is 2.53. The molecule has 0 unspecified atom stereocenters. The van der Waals surface area contributed by atoms with Crippen LogP contribution in [0.5, 0.6) is 0 Å². The van der Waals surface area contributed by atoms with Gasteiger partial charge in [0.2, 0.25) is 0 Å². The van der Waals surface area contributed by atoms with Gasteiger partial charge in [-0.25, -0.2) is 0 Å². The number of benzene rings is 9. The molecule has 0 saturated heterocycles. The predicted octanol–water partition coefficient (Wildman–Crippen LogP) is 16.9. The molecule has 0 spiro atoms. The molecule has 12 rings (SSSR count). The second-order valence-corrected chi connectivity index (χ2v) is 20.2. The third kappa shape index (κ3) is 6.39. The summed E-state index contributed by atoms with van der Waals surface area (Å²) in [6, 6.07) is 71.2. The summed E-state index contributed by atoms with van der Waals surface area (Å²) >= 11 is 0. The molecule has 3 aromatic heterocycles. The third-order valence-corrected chi connectivity index (χ3v) is 15.0. The lowest BCUT2D eigenvalue weighted by Gasteiger charge is -2.32. The highest BCUT2D eigenvalue weighted by Crippen LogP contribution is 2.43. The smallest absolute Gasteiger partial charge is 0.0542 e. The minimum atomic E-state index is -0.266. The van der Waals surface area contributed by atoms with Crippen molar-refractivity contribution in [3.63, 3.8) is 0 Å². The van der Waals surface area contributed by atoms with Gasteiger partial charge in [0.1, 0.15) is 0 Å². The number of hydrogen-bond acceptors (Lipinski definition) is 0. The summed E-state index contributed by atoms with van der Waals surface area (Å²) in [6.45, 7) is 18.3. The first-order valence-electron chi connectivity index (χ1n) is 23.7. The molecule has 3 heteroatoms. The van der Waals surface area contributed by atoms with E-state index in [0.717, 1.165) is 17.1 Å². The normalized spacial score (nSPS) is 12.5. The summed E-state index contributed by atoms with van der Waals surface area (Å²) < 4.78 is 7.47. The zero-order chi connectivity index (χ0) is 45.9. The molecule has 0 aliphatic heterocycles. The van der Waals surface area contributed by atoms with E-state index in [1.54, 1.807) is 0 Å². The molecule has 3 heterocycles. The zero-order valence-corrected chi connectivity index (χ0v) is 39.7. The third-order valence-electron chi connectivity index (χ3n) is 15.0. The molecule has 0 atom stereocenters. The van der Waals surface area contributed by atoms with Crippen LogP contribution >= 0.6 is 0 Å². The molecule has 0 radical (unpaired) electrons. The van der Waals surface area contributed by atoms with Crippen LogP contribution < -0.4 is 0 Å². The maximum absolute atomic E-state index is 2.53. The molecule has 12 aromatic rings. The van der Waals surface area contributed by atoms with E-state index in [1.165, 1.54) is 110 Å². The van der Waals surface area contributed by atoms with Crippen LogP contribution in [0, 0.1) is 27.7 Å². The van der Waals surface area contributed by atoms with E-state index in [2.05, 4.69) is 257 Å². The summed E-state index contributed by atoms with van der Waals surface area (Å²) in [5.41, 5.74) is 20.4. The average Bonchev–Trinajstić information content (AvgIpc) is 3.95. The van der Waals surface area contributed by atoms with Crippen molar-refractivity contribution < 1.29 is 0 Å². The van der Waals surface area contributed by atoms with Gasteiger partial charge in [-0.05, 0) is 147 Å². The zero-order valence-electron chi connectivity index (χ0n) is 39.7. The molecule has 0 aliphatic carbocycles. The first kappa shape index (κ1) is 40.9. The van der Waals surface area contributed by atoms with Gasteiger partial charge < -0.3 is 13.7 Å². The van der Waals surface area contributed by atoms with Crippen LogP contribution in [-0.2, 0) is 10.8 Å². The summed E-state index contributed by atoms with van der Waals surface area (Å²) in [6.07, 6.45) is 0. The van der Waals surface area contributed by atoms with Crippen LogP contribution in [0.4, 0.5) is 0 Å². The molecule has 3 nitrogen and oxygen atoms in total. The Morgan fingerprint density at radius 3 is 0.866 bits per heavy atom. The lowest BCUT2D eigenvalue weighted by molar-refractivity contribution is 0.616. The summed E-state index contributed by atoms with van der Waals surface area (Å²) in [4.78, 5) is 0. The number of aromatic nitrogens is 3. The van der Waals surface area contributed by atoms with Crippen molar-refractivity contribution in [2.24, 2.45) is 0 Å². The van der Waals surface area contributed by atoms with E-state index in [-0.39, 0.29) is 10.8 Å². The lowest BCUT2D eigenvalue weighted by atomic mass is 9.73. The van der Waals surface area contributed by atoms with E-state index in [0.29, 0.717) is 0 Å². The Hall–Kier alpha value is -7.62. The minimum Gasteiger partial charge on any atom is -0.309 e. The van der Waals surface area contributed by atoms with Crippen molar-refractivity contribution in [3.05, 3.63) is 233 Å². The molecular formula is C64H55N3. The van der Waals surface area contributed by atoms with Gasteiger partial charge in [-0.1, -0.05) is 141 Å². The van der Waals surface area contributed by atoms with E-state index in [4.69, 9.17) is 0 Å². The van der Waals surface area contributed by atoms with Gasteiger partial charge in [0.15, 0.2) is 0 Å². The van der Waals surface area contributed by atoms with Crippen molar-refractivity contribution in [2.75, 3.05) is 0 Å². The van der Waals surface area contributed by atoms with Gasteiger partial charge in [-0.2, -0.15) is 0 Å². The Morgan fingerprint density at radius 2 is 0.537 bits per heavy atom. The fourth-order valence-corrected chi connectivity index (χ4v) is 11.1. The summed E-state index contributed by atoms with van der Waals surface area (Å²) in [7, 11) is 0. The van der Waals surface area contributed by atoms with E-state index < -0.39 is 0 Å². The highest BCUT2D eigenvalue weighted by atomic mass is 15.0. The fraction of sp³-hybridized carbons (Fsp3) is 0.156. The SMILES string of the molecule is Cc1ccc2c(c1)c1cc(C)ccc1n2-c1ccc2c(c1)c1cc(-n3c4ccc(C)cc4c4cc(C)ccc43)ccc1n2-c1cc(C(C)(C)c2ccccc2)cc(C(C)(C)c2ccccc2)c1. The average molecular weight is 866 g/mol. The monoisotopic (exact) mass is 865 g/mol. The van der Waals surface area contributed by atoms with E-state index >= 15 is 0 Å². The van der Waals surface area contributed by atoms with Gasteiger partial charge in [0.05, 0.1) is 33.1 Å². The molecule has 0 saturated carbocycles. The van der Waals surface area contributed by atoms with E-state index in [1.807, 2.05) is 0 Å². The first-order valence-corrected chi connectivity index (χ1v) is 23.7. The minimum absolute atomic E-state index is 0.266. The quantitative estimate of drug-likeness (QED) is 0.152. The Balaban J connectivity index is 1.17. The van der Waals surface area contributed by atoms with Crippen LogP contribution in [0.3, 0.4) is 0 Å². The van der Waals surface area contributed by atoms with Crippen LogP contribution in [0.1, 0.15) is 72.2 Å². The molecule has 0 bridgehead atoms. The van der Waals surface area contributed by atoms with Gasteiger partial charge >= 0.3 is 0 Å². The molecule has 67 heavy (non-hydrogen) atoms. The number of hydrogen-bond donors (Lipinski definition) is 0. The topological polar surface area (TPSA) is 14.8 Å².